The fourth-order valence-corrected chi connectivity index (χ4v) is 8.33. The van der Waals surface area contributed by atoms with Crippen molar-refractivity contribution < 1.29 is 18.8 Å². The molecule has 3 N–H and O–H groups in total. The maximum Gasteiger partial charge on any atom is 0.328 e. The number of aromatic nitrogens is 3. The van der Waals surface area contributed by atoms with Crippen molar-refractivity contribution in [1.82, 2.24) is 30.5 Å². The molecular formula is C40H41ClFN11O3. The third kappa shape index (κ3) is 7.93. The van der Waals surface area contributed by atoms with Gasteiger partial charge in [0.1, 0.15) is 24.0 Å². The van der Waals surface area contributed by atoms with E-state index in [1.54, 1.807) is 23.1 Å². The van der Waals surface area contributed by atoms with E-state index >= 15 is 4.39 Å². The zero-order chi connectivity index (χ0) is 38.8. The van der Waals surface area contributed by atoms with Gasteiger partial charge in [-0.3, -0.25) is 24.7 Å². The molecule has 5 heterocycles. The number of halogens is 2. The molecule has 2 aromatic heterocycles. The number of rotatable bonds is 8. The minimum absolute atomic E-state index is 0.0386. The molecule has 56 heavy (non-hydrogen) atoms. The number of urea groups is 1. The molecule has 1 aliphatic carbocycles. The van der Waals surface area contributed by atoms with E-state index < -0.39 is 11.9 Å². The van der Waals surface area contributed by atoms with Gasteiger partial charge >= 0.3 is 6.03 Å². The number of imide groups is 1. The van der Waals surface area contributed by atoms with Crippen molar-refractivity contribution in [2.24, 2.45) is 0 Å². The first-order valence-electron chi connectivity index (χ1n) is 18.9. The monoisotopic (exact) mass is 777 g/mol. The summed E-state index contributed by atoms with van der Waals surface area (Å²) in [5.41, 5.74) is 4.81. The van der Waals surface area contributed by atoms with Crippen LogP contribution in [-0.4, -0.2) is 89.0 Å². The summed E-state index contributed by atoms with van der Waals surface area (Å²) in [4.78, 5) is 58.4. The SMILES string of the molecule is N#Cc1ccc(N2CCc3c(ncnc3Nc3ccc(C(=O)NC4CCC(N5CCN(c6ccc(N7CCC(=O)NC7=O)cc6)CC5)CC4)c(F)n3)C2)cc1Cl. The van der Waals surface area contributed by atoms with E-state index in [1.807, 2.05) is 30.3 Å². The average Bonchev–Trinajstić information content (AvgIpc) is 3.21. The van der Waals surface area contributed by atoms with Crippen LogP contribution < -0.4 is 30.7 Å². The second-order valence-corrected chi connectivity index (χ2v) is 14.9. The Bertz CT molecular complexity index is 2180. The maximum absolute atomic E-state index is 15.3. The standard InChI is InChI=1S/C40H41ClFN11O3/c41-33-21-30(4-1-25(33)22-43)52-15-13-31-34(23-52)44-24-45-38(31)48-35-12-11-32(37(42)47-35)39(55)46-26-2-5-27(6-3-26)50-17-19-51(20-18-50)28-7-9-29(10-8-28)53-16-14-36(54)49-40(53)56/h1,4,7-12,21,24,26-27H,2-3,5-6,13-20,23H2,(H,46,55)(H,49,54,56)(H,44,45,47,48). The van der Waals surface area contributed by atoms with E-state index in [0.29, 0.717) is 54.9 Å². The molecule has 288 valence electrons. The average molecular weight is 778 g/mol. The second-order valence-electron chi connectivity index (χ2n) is 14.5. The van der Waals surface area contributed by atoms with E-state index in [0.717, 1.165) is 80.2 Å². The number of pyridine rings is 1. The van der Waals surface area contributed by atoms with Crippen molar-refractivity contribution in [1.29, 1.82) is 5.26 Å². The van der Waals surface area contributed by atoms with Crippen LogP contribution in [0, 0.1) is 17.3 Å². The van der Waals surface area contributed by atoms with Gasteiger partial charge in [0.05, 0.1) is 28.4 Å². The Labute approximate surface area is 328 Å². The van der Waals surface area contributed by atoms with Crippen molar-refractivity contribution in [2.75, 3.05) is 59.3 Å². The number of piperazine rings is 1. The summed E-state index contributed by atoms with van der Waals surface area (Å²) in [6, 6.07) is 18.4. The summed E-state index contributed by atoms with van der Waals surface area (Å²) >= 11 is 6.27. The molecule has 0 unspecified atom stereocenters. The number of nitrogens with zero attached hydrogens (tertiary/aromatic N) is 8. The first-order valence-corrected chi connectivity index (χ1v) is 19.3. The number of anilines is 5. The Balaban J connectivity index is 0.800. The highest BCUT2D eigenvalue weighted by Gasteiger charge is 2.31. The summed E-state index contributed by atoms with van der Waals surface area (Å²) in [6.07, 6.45) is 5.91. The van der Waals surface area contributed by atoms with E-state index in [4.69, 9.17) is 11.6 Å². The summed E-state index contributed by atoms with van der Waals surface area (Å²) < 4.78 is 15.3. The highest BCUT2D eigenvalue weighted by molar-refractivity contribution is 6.32. The smallest absolute Gasteiger partial charge is 0.328 e. The lowest BCUT2D eigenvalue weighted by atomic mass is 9.89. The Hall–Kier alpha value is -5.85. The molecule has 4 aromatic rings. The number of nitriles is 1. The Morgan fingerprint density at radius 1 is 0.875 bits per heavy atom. The van der Waals surface area contributed by atoms with E-state index in [2.05, 4.69) is 51.7 Å². The minimum Gasteiger partial charge on any atom is -0.369 e. The molecule has 14 nitrogen and oxygen atoms in total. The number of fused-ring (bicyclic) bond motifs is 1. The lowest BCUT2D eigenvalue weighted by Crippen LogP contribution is -2.52. The maximum atomic E-state index is 15.3. The lowest BCUT2D eigenvalue weighted by Gasteiger charge is -2.42. The number of amides is 4. The van der Waals surface area contributed by atoms with Gasteiger partial charge in [-0.25, -0.2) is 19.7 Å². The molecule has 2 saturated heterocycles. The third-order valence-corrected chi connectivity index (χ3v) is 11.5. The molecule has 0 bridgehead atoms. The largest absolute Gasteiger partial charge is 0.369 e. The summed E-state index contributed by atoms with van der Waals surface area (Å²) in [5, 5.41) is 18.1. The quantitative estimate of drug-likeness (QED) is 0.203. The zero-order valence-corrected chi connectivity index (χ0v) is 31.4. The van der Waals surface area contributed by atoms with Gasteiger partial charge in [-0.1, -0.05) is 11.6 Å². The number of carbonyl (C=O) groups is 3. The molecule has 0 atom stereocenters. The van der Waals surface area contributed by atoms with Crippen LogP contribution in [0.25, 0.3) is 0 Å². The van der Waals surface area contributed by atoms with Crippen molar-refractivity contribution in [3.8, 4) is 6.07 Å². The molecule has 2 aromatic carbocycles. The van der Waals surface area contributed by atoms with Crippen LogP contribution in [0.1, 0.15) is 59.3 Å². The Morgan fingerprint density at radius 3 is 2.34 bits per heavy atom. The van der Waals surface area contributed by atoms with Gasteiger partial charge in [-0.05, 0) is 86.7 Å². The molecule has 4 amide bonds. The highest BCUT2D eigenvalue weighted by atomic mass is 35.5. The van der Waals surface area contributed by atoms with E-state index in [1.165, 1.54) is 12.4 Å². The molecular weight excluding hydrogens is 737 g/mol. The van der Waals surface area contributed by atoms with Gasteiger partial charge in [0.15, 0.2) is 0 Å². The van der Waals surface area contributed by atoms with Crippen LogP contribution in [0.4, 0.5) is 37.9 Å². The number of carbonyl (C=O) groups excluding carboxylic acids is 3. The molecule has 8 rings (SSSR count). The molecule has 1 saturated carbocycles. The first kappa shape index (κ1) is 37.1. The number of benzene rings is 2. The van der Waals surface area contributed by atoms with Crippen LogP contribution in [0.5, 0.6) is 0 Å². The van der Waals surface area contributed by atoms with E-state index in [9.17, 15) is 19.6 Å². The van der Waals surface area contributed by atoms with Crippen LogP contribution in [0.15, 0.2) is 60.9 Å². The van der Waals surface area contributed by atoms with Crippen molar-refractivity contribution >= 4 is 58.1 Å². The summed E-state index contributed by atoms with van der Waals surface area (Å²) in [7, 11) is 0. The van der Waals surface area contributed by atoms with Gasteiger partial charge < -0.3 is 20.4 Å². The molecule has 3 fully saturated rings. The van der Waals surface area contributed by atoms with Crippen molar-refractivity contribution in [3.05, 3.63) is 94.3 Å². The predicted octanol–water partition coefficient (Wildman–Crippen LogP) is 5.15. The third-order valence-electron chi connectivity index (χ3n) is 11.2. The Kier molecular flexibility index (Phi) is 10.7. The van der Waals surface area contributed by atoms with Crippen LogP contribution >= 0.6 is 11.6 Å². The normalized spacial score (nSPS) is 20.2. The number of hydrogen-bond acceptors (Lipinski definition) is 11. The molecule has 16 heteroatoms. The molecule has 0 spiro atoms. The zero-order valence-electron chi connectivity index (χ0n) is 30.7. The highest BCUT2D eigenvalue weighted by Crippen LogP contribution is 2.31. The molecule has 4 aliphatic rings. The van der Waals surface area contributed by atoms with Gasteiger partial charge in [0, 0.05) is 80.4 Å². The van der Waals surface area contributed by atoms with Crippen molar-refractivity contribution in [2.45, 2.75) is 57.2 Å². The van der Waals surface area contributed by atoms with Crippen LogP contribution in [0.2, 0.25) is 5.02 Å². The van der Waals surface area contributed by atoms with Gasteiger partial charge in [0.25, 0.3) is 5.91 Å². The first-order chi connectivity index (χ1) is 27.2. The number of nitrogens with one attached hydrogen (secondary N) is 3. The summed E-state index contributed by atoms with van der Waals surface area (Å²) in [6.45, 7) is 5.20. The minimum atomic E-state index is -0.853. The van der Waals surface area contributed by atoms with Crippen molar-refractivity contribution in [3.63, 3.8) is 0 Å². The van der Waals surface area contributed by atoms with Gasteiger partial charge in [-0.2, -0.15) is 9.65 Å². The Morgan fingerprint density at radius 2 is 1.62 bits per heavy atom. The van der Waals surface area contributed by atoms with Crippen LogP contribution in [0.3, 0.4) is 0 Å². The van der Waals surface area contributed by atoms with Gasteiger partial charge in [-0.15, -0.1) is 0 Å². The van der Waals surface area contributed by atoms with Gasteiger partial charge in [0.2, 0.25) is 11.9 Å². The topological polar surface area (TPSA) is 163 Å². The second kappa shape index (κ2) is 16.1. The molecule has 3 aliphatic heterocycles. The summed E-state index contributed by atoms with van der Waals surface area (Å²) in [5.74, 6) is -0.793. The number of hydrogen-bond donors (Lipinski definition) is 3. The molecule has 0 radical (unpaired) electrons. The fraction of sp³-hybridized carbons (Fsp3) is 0.375. The fourth-order valence-electron chi connectivity index (χ4n) is 8.12. The lowest BCUT2D eigenvalue weighted by molar-refractivity contribution is -0.120. The van der Waals surface area contributed by atoms with E-state index in [-0.39, 0.29) is 29.4 Å². The van der Waals surface area contributed by atoms with Crippen LogP contribution in [-0.2, 0) is 17.8 Å². The predicted molar refractivity (Wildman–Crippen MR) is 210 cm³/mol.